The number of carboxylic acid groups (broad SMARTS) is 1. The number of aromatic nitrogens is 1. The van der Waals surface area contributed by atoms with Crippen molar-refractivity contribution in [3.63, 3.8) is 0 Å². The molecule has 24 heavy (non-hydrogen) atoms. The second-order valence-corrected chi connectivity index (χ2v) is 7.66. The van der Waals surface area contributed by atoms with E-state index >= 15 is 0 Å². The highest BCUT2D eigenvalue weighted by molar-refractivity contribution is 7.17. The third kappa shape index (κ3) is 3.53. The Morgan fingerprint density at radius 2 is 1.96 bits per heavy atom. The molecule has 1 aromatic heterocycles. The molecule has 0 spiro atoms. The summed E-state index contributed by atoms with van der Waals surface area (Å²) in [5.41, 5.74) is 2.33. The SMILES string of the molecule is CC(C)CCNC(=O)c1cnc(N2CC3=C(CN(C(=O)O)C3)C2)s1. The van der Waals surface area contributed by atoms with E-state index in [4.69, 9.17) is 5.11 Å². The summed E-state index contributed by atoms with van der Waals surface area (Å²) in [6.07, 6.45) is 1.71. The summed E-state index contributed by atoms with van der Waals surface area (Å²) in [5, 5.41) is 12.8. The summed E-state index contributed by atoms with van der Waals surface area (Å²) in [6, 6.07) is 0. The highest BCUT2D eigenvalue weighted by Gasteiger charge is 2.33. The Balaban J connectivity index is 1.54. The van der Waals surface area contributed by atoms with Gasteiger partial charge in [-0.3, -0.25) is 4.79 Å². The van der Waals surface area contributed by atoms with E-state index in [0.29, 0.717) is 43.5 Å². The molecule has 7 nitrogen and oxygen atoms in total. The third-order valence-electron chi connectivity index (χ3n) is 4.29. The van der Waals surface area contributed by atoms with Gasteiger partial charge in [-0.2, -0.15) is 0 Å². The highest BCUT2D eigenvalue weighted by Crippen LogP contribution is 2.31. The monoisotopic (exact) mass is 350 g/mol. The maximum Gasteiger partial charge on any atom is 0.407 e. The molecule has 0 radical (unpaired) electrons. The molecule has 1 aromatic rings. The first kappa shape index (κ1) is 16.8. The molecule has 2 amide bonds. The van der Waals surface area contributed by atoms with Crippen molar-refractivity contribution in [2.24, 2.45) is 5.92 Å². The van der Waals surface area contributed by atoms with Crippen LogP contribution in [0.15, 0.2) is 17.3 Å². The van der Waals surface area contributed by atoms with E-state index in [1.807, 2.05) is 0 Å². The molecular weight excluding hydrogens is 328 g/mol. The summed E-state index contributed by atoms with van der Waals surface area (Å²) >= 11 is 1.39. The number of nitrogens with zero attached hydrogens (tertiary/aromatic N) is 3. The van der Waals surface area contributed by atoms with Crippen LogP contribution in [0.1, 0.15) is 29.9 Å². The van der Waals surface area contributed by atoms with Crippen molar-refractivity contribution in [3.05, 3.63) is 22.2 Å². The minimum atomic E-state index is -0.870. The number of thiazole rings is 1. The topological polar surface area (TPSA) is 85.8 Å². The van der Waals surface area contributed by atoms with Gasteiger partial charge in [0.25, 0.3) is 5.91 Å². The van der Waals surface area contributed by atoms with Gasteiger partial charge in [0, 0.05) is 32.7 Å². The van der Waals surface area contributed by atoms with Crippen molar-refractivity contribution in [2.75, 3.05) is 37.6 Å². The van der Waals surface area contributed by atoms with Gasteiger partial charge >= 0.3 is 6.09 Å². The maximum atomic E-state index is 12.1. The Hall–Kier alpha value is -2.09. The average molecular weight is 350 g/mol. The second kappa shape index (κ2) is 6.80. The average Bonchev–Trinajstić information content (AvgIpc) is 3.20. The maximum absolute atomic E-state index is 12.1. The third-order valence-corrected chi connectivity index (χ3v) is 5.35. The first-order chi connectivity index (χ1) is 11.4. The Bertz CT molecular complexity index is 665. The van der Waals surface area contributed by atoms with Gasteiger partial charge in [-0.25, -0.2) is 9.78 Å². The Kier molecular flexibility index (Phi) is 4.75. The Labute approximate surface area is 145 Å². The number of carbonyl (C=O) groups excluding carboxylic acids is 1. The number of hydrogen-bond acceptors (Lipinski definition) is 5. The molecule has 3 rings (SSSR count). The lowest BCUT2D eigenvalue weighted by molar-refractivity contribution is 0.0955. The molecule has 0 aliphatic carbocycles. The number of amides is 2. The van der Waals surface area contributed by atoms with Gasteiger partial charge in [-0.15, -0.1) is 0 Å². The van der Waals surface area contributed by atoms with Crippen LogP contribution in [0.2, 0.25) is 0 Å². The molecule has 0 atom stereocenters. The van der Waals surface area contributed by atoms with Gasteiger partial charge in [0.15, 0.2) is 5.13 Å². The van der Waals surface area contributed by atoms with Crippen LogP contribution in [0.4, 0.5) is 9.93 Å². The standard InChI is InChI=1S/C16H22N4O3S/c1-10(2)3-4-17-14(21)13-5-18-15(24-13)19-6-11-8-20(16(22)23)9-12(11)7-19/h5,10H,3-4,6-9H2,1-2H3,(H,17,21)(H,22,23). The number of nitrogens with one attached hydrogen (secondary N) is 1. The van der Waals surface area contributed by atoms with Gasteiger partial charge < -0.3 is 20.2 Å². The summed E-state index contributed by atoms with van der Waals surface area (Å²) in [7, 11) is 0. The molecule has 0 unspecified atom stereocenters. The fourth-order valence-electron chi connectivity index (χ4n) is 2.93. The molecular formula is C16H22N4O3S. The first-order valence-corrected chi connectivity index (χ1v) is 8.92. The quantitative estimate of drug-likeness (QED) is 0.794. The van der Waals surface area contributed by atoms with Crippen molar-refractivity contribution < 1.29 is 14.7 Å². The van der Waals surface area contributed by atoms with E-state index < -0.39 is 6.09 Å². The molecule has 0 saturated heterocycles. The Morgan fingerprint density at radius 1 is 1.29 bits per heavy atom. The second-order valence-electron chi connectivity index (χ2n) is 6.65. The molecule has 0 saturated carbocycles. The van der Waals surface area contributed by atoms with Crippen LogP contribution in [0.3, 0.4) is 0 Å². The minimum Gasteiger partial charge on any atom is -0.465 e. The molecule has 0 bridgehead atoms. The van der Waals surface area contributed by atoms with Gasteiger partial charge in [-0.1, -0.05) is 25.2 Å². The van der Waals surface area contributed by atoms with Crippen LogP contribution in [0.5, 0.6) is 0 Å². The first-order valence-electron chi connectivity index (χ1n) is 8.10. The fourth-order valence-corrected chi connectivity index (χ4v) is 3.76. The van der Waals surface area contributed by atoms with E-state index in [0.717, 1.165) is 22.7 Å². The predicted octanol–water partition coefficient (Wildman–Crippen LogP) is 2.03. The zero-order valence-corrected chi connectivity index (χ0v) is 14.7. The number of carbonyl (C=O) groups is 2. The predicted molar refractivity (Wildman–Crippen MR) is 92.7 cm³/mol. The van der Waals surface area contributed by atoms with E-state index in [1.54, 1.807) is 6.20 Å². The van der Waals surface area contributed by atoms with Crippen LogP contribution in [-0.2, 0) is 0 Å². The highest BCUT2D eigenvalue weighted by atomic mass is 32.1. The van der Waals surface area contributed by atoms with Gasteiger partial charge in [0.1, 0.15) is 4.88 Å². The minimum absolute atomic E-state index is 0.0730. The smallest absolute Gasteiger partial charge is 0.407 e. The molecule has 2 N–H and O–H groups in total. The van der Waals surface area contributed by atoms with E-state index in [-0.39, 0.29) is 5.91 Å². The van der Waals surface area contributed by atoms with Crippen LogP contribution >= 0.6 is 11.3 Å². The van der Waals surface area contributed by atoms with Crippen LogP contribution in [0.25, 0.3) is 0 Å². The zero-order valence-electron chi connectivity index (χ0n) is 13.9. The Morgan fingerprint density at radius 3 is 2.54 bits per heavy atom. The van der Waals surface area contributed by atoms with Crippen LogP contribution in [0, 0.1) is 5.92 Å². The summed E-state index contributed by atoms with van der Waals surface area (Å²) < 4.78 is 0. The fraction of sp³-hybridized carbons (Fsp3) is 0.562. The van der Waals surface area contributed by atoms with Crippen molar-refractivity contribution >= 4 is 28.5 Å². The number of hydrogen-bond donors (Lipinski definition) is 2. The lowest BCUT2D eigenvalue weighted by Crippen LogP contribution is -2.32. The van der Waals surface area contributed by atoms with Gasteiger partial charge in [0.05, 0.1) is 6.20 Å². The molecule has 130 valence electrons. The summed E-state index contributed by atoms with van der Waals surface area (Å²) in [4.78, 5) is 31.7. The summed E-state index contributed by atoms with van der Waals surface area (Å²) in [5.74, 6) is 0.488. The number of anilines is 1. The normalized spacial score (nSPS) is 17.0. The van der Waals surface area contributed by atoms with Crippen molar-refractivity contribution in [1.29, 1.82) is 0 Å². The van der Waals surface area contributed by atoms with Crippen molar-refractivity contribution in [3.8, 4) is 0 Å². The summed E-state index contributed by atoms with van der Waals surface area (Å²) in [6.45, 7) is 7.28. The molecule has 0 fully saturated rings. The molecule has 2 aliphatic rings. The number of rotatable bonds is 5. The zero-order chi connectivity index (χ0) is 17.3. The van der Waals surface area contributed by atoms with E-state index in [2.05, 4.69) is 29.0 Å². The van der Waals surface area contributed by atoms with Crippen molar-refractivity contribution in [1.82, 2.24) is 15.2 Å². The van der Waals surface area contributed by atoms with E-state index in [9.17, 15) is 9.59 Å². The van der Waals surface area contributed by atoms with E-state index in [1.165, 1.54) is 16.2 Å². The molecule has 2 aliphatic heterocycles. The molecule has 8 heteroatoms. The largest absolute Gasteiger partial charge is 0.465 e. The van der Waals surface area contributed by atoms with Crippen LogP contribution < -0.4 is 10.2 Å². The van der Waals surface area contributed by atoms with Gasteiger partial charge in [0.2, 0.25) is 0 Å². The van der Waals surface area contributed by atoms with Crippen LogP contribution in [-0.4, -0.2) is 59.7 Å². The molecule has 3 heterocycles. The lowest BCUT2D eigenvalue weighted by Gasteiger charge is -2.20. The molecule has 0 aromatic carbocycles. The van der Waals surface area contributed by atoms with Gasteiger partial charge in [-0.05, 0) is 23.5 Å². The lowest BCUT2D eigenvalue weighted by atomic mass is 10.1. The van der Waals surface area contributed by atoms with Crippen molar-refractivity contribution in [2.45, 2.75) is 20.3 Å².